The molecule has 17 heavy (non-hydrogen) atoms. The average molecular weight is 267 g/mol. The van der Waals surface area contributed by atoms with Crippen molar-refractivity contribution in [3.8, 4) is 5.75 Å². The Morgan fingerprint density at radius 2 is 2.12 bits per heavy atom. The van der Waals surface area contributed by atoms with Gasteiger partial charge in [0.25, 0.3) is 0 Å². The van der Waals surface area contributed by atoms with E-state index in [4.69, 9.17) is 17.0 Å². The highest BCUT2D eigenvalue weighted by molar-refractivity contribution is 8.23. The summed E-state index contributed by atoms with van der Waals surface area (Å²) in [5.41, 5.74) is 0.815. The van der Waals surface area contributed by atoms with Gasteiger partial charge in [-0.2, -0.15) is 0 Å². The van der Waals surface area contributed by atoms with Gasteiger partial charge in [0.1, 0.15) is 10.1 Å². The molecule has 1 aliphatic heterocycles. The third-order valence-electron chi connectivity index (χ3n) is 2.38. The number of rotatable bonds is 3. The summed E-state index contributed by atoms with van der Waals surface area (Å²) >= 11 is 6.75. The van der Waals surface area contributed by atoms with Crippen LogP contribution in [0, 0.1) is 0 Å². The average Bonchev–Trinajstić information content (AvgIpc) is 2.31. The smallest absolute Gasteiger partial charge is 0.233 e. The Morgan fingerprint density at radius 1 is 1.41 bits per heavy atom. The normalized spacial score (nSPS) is 16.2. The van der Waals surface area contributed by atoms with Crippen LogP contribution < -0.4 is 9.64 Å². The second kappa shape index (κ2) is 5.51. The minimum Gasteiger partial charge on any atom is -0.494 e. The lowest BCUT2D eigenvalue weighted by atomic mass is 10.2. The van der Waals surface area contributed by atoms with Crippen molar-refractivity contribution in [2.45, 2.75) is 13.3 Å². The molecule has 1 aromatic rings. The van der Waals surface area contributed by atoms with E-state index in [2.05, 4.69) is 0 Å². The number of nitrogens with zero attached hydrogens (tertiary/aromatic N) is 1. The van der Waals surface area contributed by atoms with Crippen molar-refractivity contribution in [3.05, 3.63) is 24.3 Å². The molecule has 1 heterocycles. The molecular formula is C12H13NO2S2. The Hall–Kier alpha value is -1.07. The number of anilines is 1. The second-order valence-electron chi connectivity index (χ2n) is 3.52. The third kappa shape index (κ3) is 2.79. The fourth-order valence-electron chi connectivity index (χ4n) is 1.61. The van der Waals surface area contributed by atoms with E-state index in [9.17, 15) is 4.79 Å². The van der Waals surface area contributed by atoms with Gasteiger partial charge in [0.2, 0.25) is 5.91 Å². The molecule has 0 unspecified atom stereocenters. The zero-order valence-corrected chi connectivity index (χ0v) is 11.1. The van der Waals surface area contributed by atoms with E-state index in [1.807, 2.05) is 31.2 Å². The van der Waals surface area contributed by atoms with E-state index in [1.165, 1.54) is 0 Å². The molecule has 1 aliphatic rings. The molecule has 0 aliphatic carbocycles. The van der Waals surface area contributed by atoms with Crippen molar-refractivity contribution >= 4 is 39.9 Å². The number of amides is 1. The summed E-state index contributed by atoms with van der Waals surface area (Å²) in [6.07, 6.45) is 0.540. The zero-order valence-electron chi connectivity index (χ0n) is 9.51. The highest BCUT2D eigenvalue weighted by Gasteiger charge is 2.24. The largest absolute Gasteiger partial charge is 0.494 e. The van der Waals surface area contributed by atoms with Gasteiger partial charge in [0.15, 0.2) is 0 Å². The van der Waals surface area contributed by atoms with Crippen molar-refractivity contribution in [1.29, 1.82) is 0 Å². The van der Waals surface area contributed by atoms with Gasteiger partial charge in [0.05, 0.1) is 12.3 Å². The first-order chi connectivity index (χ1) is 8.22. The van der Waals surface area contributed by atoms with Gasteiger partial charge >= 0.3 is 0 Å². The summed E-state index contributed by atoms with van der Waals surface area (Å²) < 4.78 is 5.99. The molecule has 0 bridgehead atoms. The van der Waals surface area contributed by atoms with E-state index >= 15 is 0 Å². The fourth-order valence-corrected chi connectivity index (χ4v) is 2.86. The molecule has 0 saturated carbocycles. The molecule has 2 rings (SSSR count). The van der Waals surface area contributed by atoms with Crippen LogP contribution in [0.2, 0.25) is 0 Å². The van der Waals surface area contributed by atoms with Crippen LogP contribution in [0.4, 0.5) is 5.69 Å². The Labute approximate surface area is 110 Å². The summed E-state index contributed by atoms with van der Waals surface area (Å²) in [4.78, 5) is 13.4. The standard InChI is InChI=1S/C12H13NO2S2/c1-2-15-10-5-3-9(4-6-10)13-11(14)7-8-17-12(13)16/h3-6H,2,7-8H2,1H3. The molecule has 0 aromatic heterocycles. The topological polar surface area (TPSA) is 29.5 Å². The Morgan fingerprint density at radius 3 is 2.71 bits per heavy atom. The number of carbonyl (C=O) groups excluding carboxylic acids is 1. The summed E-state index contributed by atoms with van der Waals surface area (Å²) in [5, 5.41) is 0. The predicted octanol–water partition coefficient (Wildman–Crippen LogP) is 2.84. The second-order valence-corrected chi connectivity index (χ2v) is 5.25. The van der Waals surface area contributed by atoms with E-state index in [-0.39, 0.29) is 5.91 Å². The highest BCUT2D eigenvalue weighted by Crippen LogP contribution is 2.27. The molecule has 3 nitrogen and oxygen atoms in total. The molecule has 1 fully saturated rings. The fraction of sp³-hybridized carbons (Fsp3) is 0.333. The van der Waals surface area contributed by atoms with Crippen LogP contribution in [0.5, 0.6) is 5.75 Å². The first kappa shape index (κ1) is 12.4. The van der Waals surface area contributed by atoms with Gasteiger partial charge in [-0.15, -0.1) is 0 Å². The van der Waals surface area contributed by atoms with Gasteiger partial charge in [0, 0.05) is 12.2 Å². The monoisotopic (exact) mass is 267 g/mol. The predicted molar refractivity (Wildman–Crippen MR) is 74.8 cm³/mol. The van der Waals surface area contributed by atoms with Crippen molar-refractivity contribution in [2.75, 3.05) is 17.3 Å². The SMILES string of the molecule is CCOc1ccc(N2C(=O)CCSC2=S)cc1. The maximum atomic E-state index is 11.8. The Kier molecular flexibility index (Phi) is 4.02. The lowest BCUT2D eigenvalue weighted by Gasteiger charge is -2.26. The number of carbonyl (C=O) groups is 1. The molecule has 0 radical (unpaired) electrons. The maximum Gasteiger partial charge on any atom is 0.233 e. The van der Waals surface area contributed by atoms with Crippen LogP contribution in [-0.2, 0) is 4.79 Å². The molecule has 1 aromatic carbocycles. The minimum atomic E-state index is 0.0675. The van der Waals surface area contributed by atoms with Crippen molar-refractivity contribution in [2.24, 2.45) is 0 Å². The highest BCUT2D eigenvalue weighted by atomic mass is 32.2. The number of thiocarbonyl (C=S) groups is 1. The molecule has 1 amide bonds. The number of thioether (sulfide) groups is 1. The number of ether oxygens (including phenoxy) is 1. The minimum absolute atomic E-state index is 0.0675. The first-order valence-electron chi connectivity index (χ1n) is 5.45. The maximum absolute atomic E-state index is 11.8. The van der Waals surface area contributed by atoms with Crippen molar-refractivity contribution < 1.29 is 9.53 Å². The van der Waals surface area contributed by atoms with Gasteiger partial charge < -0.3 is 4.74 Å². The summed E-state index contributed by atoms with van der Waals surface area (Å²) in [7, 11) is 0. The lowest BCUT2D eigenvalue weighted by molar-refractivity contribution is -0.117. The van der Waals surface area contributed by atoms with E-state index < -0.39 is 0 Å². The van der Waals surface area contributed by atoms with Crippen LogP contribution in [0.3, 0.4) is 0 Å². The molecular weight excluding hydrogens is 254 g/mol. The van der Waals surface area contributed by atoms with Gasteiger partial charge in [-0.3, -0.25) is 9.69 Å². The van der Waals surface area contributed by atoms with E-state index in [0.29, 0.717) is 17.3 Å². The third-order valence-corrected chi connectivity index (χ3v) is 3.75. The molecule has 0 spiro atoms. The van der Waals surface area contributed by atoms with Gasteiger partial charge in [-0.1, -0.05) is 24.0 Å². The van der Waals surface area contributed by atoms with Crippen molar-refractivity contribution in [1.82, 2.24) is 0 Å². The van der Waals surface area contributed by atoms with Gasteiger partial charge in [-0.25, -0.2) is 0 Å². The zero-order chi connectivity index (χ0) is 12.3. The van der Waals surface area contributed by atoms with Crippen molar-refractivity contribution in [3.63, 3.8) is 0 Å². The molecule has 0 atom stereocenters. The molecule has 90 valence electrons. The summed E-state index contributed by atoms with van der Waals surface area (Å²) in [6.45, 7) is 2.57. The van der Waals surface area contributed by atoms with Crippen LogP contribution in [0.15, 0.2) is 24.3 Å². The molecule has 0 N–H and O–H groups in total. The lowest BCUT2D eigenvalue weighted by Crippen LogP contribution is -2.37. The Bertz CT molecular complexity index is 415. The van der Waals surface area contributed by atoms with Crippen LogP contribution in [0.1, 0.15) is 13.3 Å². The number of hydrogen-bond donors (Lipinski definition) is 0. The van der Waals surface area contributed by atoms with E-state index in [1.54, 1.807) is 16.7 Å². The van der Waals surface area contributed by atoms with Crippen LogP contribution in [-0.4, -0.2) is 22.6 Å². The molecule has 5 heteroatoms. The first-order valence-corrected chi connectivity index (χ1v) is 6.84. The van der Waals surface area contributed by atoms with Crippen LogP contribution in [0.25, 0.3) is 0 Å². The summed E-state index contributed by atoms with van der Waals surface area (Å²) in [6, 6.07) is 7.43. The molecule has 1 saturated heterocycles. The van der Waals surface area contributed by atoms with E-state index in [0.717, 1.165) is 17.2 Å². The van der Waals surface area contributed by atoms with Gasteiger partial charge in [-0.05, 0) is 31.2 Å². The van der Waals surface area contributed by atoms with Crippen LogP contribution >= 0.6 is 24.0 Å². The summed E-state index contributed by atoms with van der Waals surface area (Å²) in [5.74, 6) is 1.66. The Balaban J connectivity index is 2.20. The number of hydrogen-bond acceptors (Lipinski definition) is 4. The quantitative estimate of drug-likeness (QED) is 0.788. The number of benzene rings is 1.